The molecule has 1 aliphatic rings. The Kier molecular flexibility index (Phi) is 4.78. The molecule has 0 radical (unpaired) electrons. The van der Waals surface area contributed by atoms with E-state index in [4.69, 9.17) is 4.74 Å². The zero-order chi connectivity index (χ0) is 19.0. The number of likely N-dealkylation sites (tertiary alicyclic amines) is 1. The number of aryl methyl sites for hydroxylation is 1. The first-order valence-corrected chi connectivity index (χ1v) is 10.0. The number of nitrogens with zero attached hydrogens (tertiary/aromatic N) is 2. The second kappa shape index (κ2) is 7.23. The third-order valence-electron chi connectivity index (χ3n) is 5.48. The Balaban J connectivity index is 1.44. The van der Waals surface area contributed by atoms with Crippen molar-refractivity contribution in [2.24, 2.45) is 0 Å². The maximum atomic E-state index is 12.6. The van der Waals surface area contributed by atoms with E-state index in [0.29, 0.717) is 5.92 Å². The quantitative estimate of drug-likeness (QED) is 0.750. The Bertz CT molecular complexity index is 1020. The van der Waals surface area contributed by atoms with Crippen molar-refractivity contribution < 1.29 is 9.53 Å². The summed E-state index contributed by atoms with van der Waals surface area (Å²) in [4.78, 5) is 29.6. The van der Waals surface area contributed by atoms with Crippen LogP contribution in [-0.2, 0) is 11.3 Å². The minimum atomic E-state index is -0.0662. The average Bonchev–Trinajstić information content (AvgIpc) is 3.25. The zero-order valence-electron chi connectivity index (χ0n) is 15.5. The highest BCUT2D eigenvalue weighted by atomic mass is 32.1. The van der Waals surface area contributed by atoms with Crippen molar-refractivity contribution in [1.29, 1.82) is 0 Å². The first kappa shape index (κ1) is 17.9. The van der Waals surface area contributed by atoms with Crippen LogP contribution < -0.4 is 9.61 Å². The molecular weight excluding hydrogens is 362 g/mol. The number of hydrogen-bond acceptors (Lipinski definition) is 4. The summed E-state index contributed by atoms with van der Waals surface area (Å²) in [5, 5.41) is 2.99. The number of amides is 1. The predicted molar refractivity (Wildman–Crippen MR) is 107 cm³/mol. The largest absolute Gasteiger partial charge is 0.497 e. The second-order valence-electron chi connectivity index (χ2n) is 7.04. The molecule has 0 bridgehead atoms. The molecule has 2 aromatic heterocycles. The molecule has 0 aliphatic carbocycles. The van der Waals surface area contributed by atoms with E-state index in [1.165, 1.54) is 10.9 Å². The van der Waals surface area contributed by atoms with Gasteiger partial charge < -0.3 is 14.6 Å². The van der Waals surface area contributed by atoms with Crippen LogP contribution in [0.3, 0.4) is 0 Å². The summed E-state index contributed by atoms with van der Waals surface area (Å²) in [6.45, 7) is 3.45. The number of hydrogen-bond donors (Lipinski definition) is 1. The average molecular weight is 385 g/mol. The lowest BCUT2D eigenvalue weighted by Gasteiger charge is -2.32. The van der Waals surface area contributed by atoms with Gasteiger partial charge in [-0.25, -0.2) is 0 Å². The van der Waals surface area contributed by atoms with Gasteiger partial charge in [0.15, 0.2) is 0 Å². The molecule has 6 nitrogen and oxygen atoms in total. The number of thiazole rings is 1. The molecule has 3 heterocycles. The van der Waals surface area contributed by atoms with Crippen LogP contribution >= 0.6 is 11.3 Å². The smallest absolute Gasteiger partial charge is 0.307 e. The Morgan fingerprint density at radius 3 is 2.78 bits per heavy atom. The van der Waals surface area contributed by atoms with E-state index < -0.39 is 0 Å². The molecule has 1 N–H and O–H groups in total. The van der Waals surface area contributed by atoms with Gasteiger partial charge in [-0.1, -0.05) is 11.3 Å². The Hall–Kier alpha value is -2.54. The van der Waals surface area contributed by atoms with Crippen molar-refractivity contribution in [2.45, 2.75) is 32.2 Å². The molecule has 0 atom stereocenters. The van der Waals surface area contributed by atoms with Crippen LogP contribution in [0.4, 0.5) is 0 Å². The van der Waals surface area contributed by atoms with Crippen LogP contribution in [0.15, 0.2) is 34.6 Å². The van der Waals surface area contributed by atoms with Crippen molar-refractivity contribution in [2.75, 3.05) is 20.2 Å². The number of aromatic amines is 1. The normalized spacial score (nSPS) is 15.4. The molecule has 1 aromatic carbocycles. The van der Waals surface area contributed by atoms with Gasteiger partial charge in [-0.3, -0.25) is 14.2 Å². The van der Waals surface area contributed by atoms with Gasteiger partial charge >= 0.3 is 4.87 Å². The van der Waals surface area contributed by atoms with E-state index in [1.807, 2.05) is 24.0 Å². The second-order valence-corrected chi connectivity index (χ2v) is 7.86. The molecule has 4 rings (SSSR count). The van der Waals surface area contributed by atoms with Crippen molar-refractivity contribution in [3.05, 3.63) is 50.7 Å². The zero-order valence-corrected chi connectivity index (χ0v) is 16.3. The number of piperidine rings is 1. The summed E-state index contributed by atoms with van der Waals surface area (Å²) < 4.78 is 6.92. The lowest BCUT2D eigenvalue weighted by molar-refractivity contribution is -0.132. The van der Waals surface area contributed by atoms with E-state index >= 15 is 0 Å². The van der Waals surface area contributed by atoms with Gasteiger partial charge in [0.25, 0.3) is 0 Å². The number of carbonyl (C=O) groups excluding carboxylic acids is 1. The first-order valence-electron chi connectivity index (χ1n) is 9.14. The molecule has 1 aliphatic heterocycles. The van der Waals surface area contributed by atoms with Crippen LogP contribution in [0.5, 0.6) is 5.75 Å². The van der Waals surface area contributed by atoms with Crippen LogP contribution in [0, 0.1) is 6.92 Å². The van der Waals surface area contributed by atoms with Gasteiger partial charge in [-0.2, -0.15) is 0 Å². The van der Waals surface area contributed by atoms with E-state index in [0.717, 1.165) is 54.2 Å². The van der Waals surface area contributed by atoms with Crippen LogP contribution in [0.1, 0.15) is 30.0 Å². The SMILES string of the molecule is COc1ccc2[nH]cc(C3CCN(C(=O)Cn4c(C)csc4=O)CC3)c2c1. The number of rotatable bonds is 4. The summed E-state index contributed by atoms with van der Waals surface area (Å²) in [5.41, 5.74) is 3.25. The number of aromatic nitrogens is 2. The van der Waals surface area contributed by atoms with E-state index in [9.17, 15) is 9.59 Å². The molecule has 1 saturated heterocycles. The lowest BCUT2D eigenvalue weighted by atomic mass is 9.89. The summed E-state index contributed by atoms with van der Waals surface area (Å²) in [7, 11) is 1.68. The van der Waals surface area contributed by atoms with Crippen LogP contribution in [0.2, 0.25) is 0 Å². The summed E-state index contributed by atoms with van der Waals surface area (Å²) in [5.74, 6) is 1.30. The number of carbonyl (C=O) groups is 1. The Labute approximate surface area is 161 Å². The first-order chi connectivity index (χ1) is 13.1. The van der Waals surface area contributed by atoms with Gasteiger partial charge in [-0.15, -0.1) is 0 Å². The Morgan fingerprint density at radius 1 is 1.33 bits per heavy atom. The van der Waals surface area contributed by atoms with Crippen molar-refractivity contribution in [3.63, 3.8) is 0 Å². The van der Waals surface area contributed by atoms with Gasteiger partial charge in [0.1, 0.15) is 12.3 Å². The highest BCUT2D eigenvalue weighted by Crippen LogP contribution is 2.34. The molecule has 27 heavy (non-hydrogen) atoms. The van der Waals surface area contributed by atoms with Crippen LogP contribution in [0.25, 0.3) is 10.9 Å². The number of nitrogens with one attached hydrogen (secondary N) is 1. The number of ether oxygens (including phenoxy) is 1. The highest BCUT2D eigenvalue weighted by Gasteiger charge is 2.26. The monoisotopic (exact) mass is 385 g/mol. The van der Waals surface area contributed by atoms with Gasteiger partial charge in [0.05, 0.1) is 7.11 Å². The maximum absolute atomic E-state index is 12.6. The topological polar surface area (TPSA) is 67.3 Å². The number of benzene rings is 1. The van der Waals surface area contributed by atoms with E-state index in [2.05, 4.69) is 17.2 Å². The number of methoxy groups -OCH3 is 1. The lowest BCUT2D eigenvalue weighted by Crippen LogP contribution is -2.40. The molecule has 1 amide bonds. The molecule has 1 fully saturated rings. The fourth-order valence-corrected chi connectivity index (χ4v) is 4.59. The third kappa shape index (κ3) is 3.39. The minimum absolute atomic E-state index is 0.0256. The molecular formula is C20H23N3O3S. The van der Waals surface area contributed by atoms with Crippen molar-refractivity contribution >= 4 is 28.1 Å². The van der Waals surface area contributed by atoms with Crippen molar-refractivity contribution in [1.82, 2.24) is 14.5 Å². The van der Waals surface area contributed by atoms with Gasteiger partial charge in [0, 0.05) is 41.3 Å². The Morgan fingerprint density at radius 2 is 2.11 bits per heavy atom. The third-order valence-corrected chi connectivity index (χ3v) is 6.36. The maximum Gasteiger partial charge on any atom is 0.307 e. The molecule has 142 valence electrons. The summed E-state index contributed by atoms with van der Waals surface area (Å²) >= 11 is 1.15. The number of H-pyrrole nitrogens is 1. The van der Waals surface area contributed by atoms with Gasteiger partial charge in [0.2, 0.25) is 5.91 Å². The van der Waals surface area contributed by atoms with Gasteiger partial charge in [-0.05, 0) is 49.4 Å². The van der Waals surface area contributed by atoms with Crippen molar-refractivity contribution in [3.8, 4) is 5.75 Å². The van der Waals surface area contributed by atoms with E-state index in [-0.39, 0.29) is 17.3 Å². The molecule has 0 saturated carbocycles. The van der Waals surface area contributed by atoms with Crippen LogP contribution in [-0.4, -0.2) is 40.6 Å². The molecule has 7 heteroatoms. The summed E-state index contributed by atoms with van der Waals surface area (Å²) in [6, 6.07) is 6.07. The molecule has 3 aromatic rings. The predicted octanol–water partition coefficient (Wildman–Crippen LogP) is 3.11. The fraction of sp³-hybridized carbons (Fsp3) is 0.400. The highest BCUT2D eigenvalue weighted by molar-refractivity contribution is 7.07. The minimum Gasteiger partial charge on any atom is -0.497 e. The molecule has 0 unspecified atom stereocenters. The molecule has 0 spiro atoms. The summed E-state index contributed by atoms with van der Waals surface area (Å²) in [6.07, 6.45) is 3.93. The standard InChI is InChI=1S/C20H23N3O3S/c1-13-12-27-20(25)23(13)11-19(24)22-7-5-14(6-8-22)17-10-21-18-4-3-15(26-2)9-16(17)18/h3-4,9-10,12,14,21H,5-8,11H2,1-2H3. The fourth-order valence-electron chi connectivity index (χ4n) is 3.86. The number of fused-ring (bicyclic) bond motifs is 1. The van der Waals surface area contributed by atoms with E-state index in [1.54, 1.807) is 17.1 Å².